The van der Waals surface area contributed by atoms with Crippen molar-refractivity contribution in [2.75, 3.05) is 9.80 Å². The molecule has 10 rings (SSSR count). The highest BCUT2D eigenvalue weighted by atomic mass is 32.1. The number of para-hydroxylation sites is 3. The van der Waals surface area contributed by atoms with Crippen molar-refractivity contribution in [2.45, 2.75) is 0 Å². The number of anilines is 6. The maximum absolute atomic E-state index is 2.37. The molecule has 0 amide bonds. The third-order valence-electron chi connectivity index (χ3n) is 10.2. The maximum atomic E-state index is 2.37. The Morgan fingerprint density at radius 3 is 1.70 bits per heavy atom. The van der Waals surface area contributed by atoms with E-state index in [0.29, 0.717) is 0 Å². The average Bonchev–Trinajstić information content (AvgIpc) is 3.61. The quantitative estimate of drug-likeness (QED) is 0.153. The van der Waals surface area contributed by atoms with Crippen molar-refractivity contribution in [3.05, 3.63) is 206 Å². The van der Waals surface area contributed by atoms with Crippen molar-refractivity contribution in [3.63, 3.8) is 0 Å². The molecular weight excluding hydrogens is 661 g/mol. The monoisotopic (exact) mass is 694 g/mol. The van der Waals surface area contributed by atoms with E-state index in [1.165, 1.54) is 52.8 Å². The SMILES string of the molecule is c1ccc(-c2ccccc2N(c2ccccc2)c2cccc(N(c3ccccc3)c3ccc4c(ccc5ccc6c7ccccc7sc6c54)c3)c2)cc1. The van der Waals surface area contributed by atoms with Gasteiger partial charge < -0.3 is 9.80 Å². The van der Waals surface area contributed by atoms with Crippen molar-refractivity contribution >= 4 is 87.2 Å². The standard InChI is InChI=1S/C50H34N2S/c1-4-15-35(16-5-1)43-23-10-12-25-47(43)52(39-19-8-3-9-20-39)41-22-14-21-40(34-41)51(38-17-6-2-7-18-38)42-30-32-44-37(33-42)28-27-36-29-31-46-45-24-11-13-26-48(45)53-50(46)49(36)44/h1-34H. The average molecular weight is 695 g/mol. The third-order valence-corrected chi connectivity index (χ3v) is 11.4. The van der Waals surface area contributed by atoms with Gasteiger partial charge >= 0.3 is 0 Å². The summed E-state index contributed by atoms with van der Waals surface area (Å²) in [5, 5.41) is 7.76. The number of benzene rings is 9. The first-order valence-electron chi connectivity index (χ1n) is 18.0. The molecule has 0 aliphatic rings. The van der Waals surface area contributed by atoms with Crippen molar-refractivity contribution in [2.24, 2.45) is 0 Å². The zero-order valence-electron chi connectivity index (χ0n) is 28.9. The van der Waals surface area contributed by atoms with Crippen LogP contribution in [0.15, 0.2) is 206 Å². The minimum absolute atomic E-state index is 1.08. The second-order valence-corrected chi connectivity index (χ2v) is 14.4. The largest absolute Gasteiger partial charge is 0.310 e. The van der Waals surface area contributed by atoms with Gasteiger partial charge in [-0.3, -0.25) is 0 Å². The predicted molar refractivity (Wildman–Crippen MR) is 229 cm³/mol. The molecular formula is C50H34N2S. The van der Waals surface area contributed by atoms with Gasteiger partial charge in [0.2, 0.25) is 0 Å². The molecule has 0 spiro atoms. The molecule has 0 atom stereocenters. The molecule has 0 saturated heterocycles. The fourth-order valence-electron chi connectivity index (χ4n) is 7.79. The number of hydrogen-bond donors (Lipinski definition) is 0. The van der Waals surface area contributed by atoms with Crippen LogP contribution in [0, 0.1) is 0 Å². The second-order valence-electron chi connectivity index (χ2n) is 13.4. The molecule has 2 nitrogen and oxygen atoms in total. The molecule has 0 aliphatic heterocycles. The lowest BCUT2D eigenvalue weighted by Gasteiger charge is -2.30. The molecule has 0 radical (unpaired) electrons. The topological polar surface area (TPSA) is 6.48 Å². The van der Waals surface area contributed by atoms with E-state index in [1.54, 1.807) is 0 Å². The summed E-state index contributed by atoms with van der Waals surface area (Å²) in [6, 6.07) is 74.5. The third kappa shape index (κ3) is 5.50. The van der Waals surface area contributed by atoms with Crippen LogP contribution in [0.2, 0.25) is 0 Å². The zero-order valence-corrected chi connectivity index (χ0v) is 29.7. The molecule has 0 unspecified atom stereocenters. The predicted octanol–water partition coefficient (Wildman–Crippen LogP) is 15.0. The van der Waals surface area contributed by atoms with Crippen LogP contribution in [0.5, 0.6) is 0 Å². The summed E-state index contributed by atoms with van der Waals surface area (Å²) in [6.45, 7) is 0. The van der Waals surface area contributed by atoms with E-state index in [-0.39, 0.29) is 0 Å². The molecule has 250 valence electrons. The Kier molecular flexibility index (Phi) is 7.71. The van der Waals surface area contributed by atoms with Gasteiger partial charge in [0.15, 0.2) is 0 Å². The Hall–Kier alpha value is -6.68. The summed E-state index contributed by atoms with van der Waals surface area (Å²) in [6.07, 6.45) is 0. The highest BCUT2D eigenvalue weighted by Crippen LogP contribution is 2.45. The van der Waals surface area contributed by atoms with Gasteiger partial charge in [-0.1, -0.05) is 140 Å². The minimum Gasteiger partial charge on any atom is -0.310 e. The van der Waals surface area contributed by atoms with Crippen molar-refractivity contribution in [1.82, 2.24) is 0 Å². The van der Waals surface area contributed by atoms with E-state index < -0.39 is 0 Å². The highest BCUT2D eigenvalue weighted by molar-refractivity contribution is 7.26. The summed E-state index contributed by atoms with van der Waals surface area (Å²) in [7, 11) is 0. The molecule has 1 heterocycles. The number of thiophene rings is 1. The molecule has 3 heteroatoms. The maximum Gasteiger partial charge on any atom is 0.0540 e. The van der Waals surface area contributed by atoms with Crippen LogP contribution in [0.1, 0.15) is 0 Å². The minimum atomic E-state index is 1.08. The van der Waals surface area contributed by atoms with Gasteiger partial charge in [0.05, 0.1) is 5.69 Å². The Morgan fingerprint density at radius 1 is 0.340 bits per heavy atom. The first kappa shape index (κ1) is 31.1. The van der Waals surface area contributed by atoms with Gasteiger partial charge in [0, 0.05) is 59.6 Å². The lowest BCUT2D eigenvalue weighted by Crippen LogP contribution is -2.13. The molecule has 0 bridgehead atoms. The Morgan fingerprint density at radius 2 is 0.906 bits per heavy atom. The molecule has 1 aromatic heterocycles. The summed E-state index contributed by atoms with van der Waals surface area (Å²) in [4.78, 5) is 4.75. The molecule has 9 aromatic carbocycles. The van der Waals surface area contributed by atoms with Crippen LogP contribution in [0.3, 0.4) is 0 Å². The van der Waals surface area contributed by atoms with E-state index in [1.807, 2.05) is 11.3 Å². The fraction of sp³-hybridized carbons (Fsp3) is 0. The van der Waals surface area contributed by atoms with Crippen LogP contribution in [0.25, 0.3) is 52.8 Å². The Bertz CT molecular complexity index is 2900. The van der Waals surface area contributed by atoms with Gasteiger partial charge in [-0.15, -0.1) is 11.3 Å². The molecule has 53 heavy (non-hydrogen) atoms. The lowest BCUT2D eigenvalue weighted by atomic mass is 9.99. The van der Waals surface area contributed by atoms with E-state index in [0.717, 1.165) is 34.1 Å². The second kappa shape index (κ2) is 13.1. The molecule has 0 N–H and O–H groups in total. The molecule has 0 saturated carbocycles. The Labute approximate surface area is 313 Å². The van der Waals surface area contributed by atoms with Crippen LogP contribution >= 0.6 is 11.3 Å². The molecule has 10 aromatic rings. The smallest absolute Gasteiger partial charge is 0.0540 e. The van der Waals surface area contributed by atoms with Gasteiger partial charge in [-0.2, -0.15) is 0 Å². The van der Waals surface area contributed by atoms with Crippen molar-refractivity contribution in [1.29, 1.82) is 0 Å². The van der Waals surface area contributed by atoms with Crippen molar-refractivity contribution < 1.29 is 0 Å². The number of nitrogens with zero attached hydrogens (tertiary/aromatic N) is 2. The molecule has 0 aliphatic carbocycles. The van der Waals surface area contributed by atoms with Crippen LogP contribution in [0.4, 0.5) is 34.1 Å². The van der Waals surface area contributed by atoms with Gasteiger partial charge in [-0.25, -0.2) is 0 Å². The summed E-state index contributed by atoms with van der Waals surface area (Å²) in [5.41, 5.74) is 8.96. The van der Waals surface area contributed by atoms with Gasteiger partial charge in [-0.05, 0) is 88.5 Å². The summed E-state index contributed by atoms with van der Waals surface area (Å²) >= 11 is 1.90. The van der Waals surface area contributed by atoms with Crippen LogP contribution in [-0.2, 0) is 0 Å². The van der Waals surface area contributed by atoms with E-state index in [9.17, 15) is 0 Å². The Balaban J connectivity index is 1.15. The van der Waals surface area contributed by atoms with Crippen LogP contribution < -0.4 is 9.80 Å². The van der Waals surface area contributed by atoms with Gasteiger partial charge in [0.1, 0.15) is 0 Å². The normalized spacial score (nSPS) is 11.4. The van der Waals surface area contributed by atoms with Gasteiger partial charge in [0.25, 0.3) is 0 Å². The number of hydrogen-bond acceptors (Lipinski definition) is 3. The van der Waals surface area contributed by atoms with E-state index in [4.69, 9.17) is 0 Å². The highest BCUT2D eigenvalue weighted by Gasteiger charge is 2.20. The first-order chi connectivity index (χ1) is 26.3. The van der Waals surface area contributed by atoms with Crippen molar-refractivity contribution in [3.8, 4) is 11.1 Å². The van der Waals surface area contributed by atoms with E-state index in [2.05, 4.69) is 216 Å². The number of fused-ring (bicyclic) bond motifs is 7. The summed E-state index contributed by atoms with van der Waals surface area (Å²) < 4.78 is 2.68. The first-order valence-corrected chi connectivity index (χ1v) is 18.8. The lowest BCUT2D eigenvalue weighted by molar-refractivity contribution is 1.25. The fourth-order valence-corrected chi connectivity index (χ4v) is 9.06. The number of rotatable bonds is 7. The molecule has 0 fully saturated rings. The van der Waals surface area contributed by atoms with Crippen LogP contribution in [-0.4, -0.2) is 0 Å². The van der Waals surface area contributed by atoms with E-state index >= 15 is 0 Å². The summed E-state index contributed by atoms with van der Waals surface area (Å²) in [5.74, 6) is 0. The zero-order chi connectivity index (χ0) is 35.1.